The van der Waals surface area contributed by atoms with E-state index in [4.69, 9.17) is 19.2 Å². The van der Waals surface area contributed by atoms with Gasteiger partial charge in [0.15, 0.2) is 6.61 Å². The van der Waals surface area contributed by atoms with Crippen molar-refractivity contribution in [2.45, 2.75) is 0 Å². The zero-order valence-electron chi connectivity index (χ0n) is 18.1. The number of carbonyl (C=O) groups is 1. The summed E-state index contributed by atoms with van der Waals surface area (Å²) in [7, 11) is 1.62. The van der Waals surface area contributed by atoms with Crippen LogP contribution in [0, 0.1) is 0 Å². The fourth-order valence-electron chi connectivity index (χ4n) is 3.65. The third-order valence-electron chi connectivity index (χ3n) is 5.37. The number of hydrogen-bond donors (Lipinski definition) is 0. The number of rotatable bonds is 7. The minimum absolute atomic E-state index is 0.0176. The lowest BCUT2D eigenvalue weighted by atomic mass is 10.1. The van der Waals surface area contributed by atoms with E-state index >= 15 is 0 Å². The molecule has 3 aromatic carbocycles. The summed E-state index contributed by atoms with van der Waals surface area (Å²) < 4.78 is 16.7. The molecule has 4 aromatic rings. The number of fused-ring (bicyclic) bond motifs is 1. The van der Waals surface area contributed by atoms with E-state index in [2.05, 4.69) is 0 Å². The number of aromatic nitrogens is 1. The Morgan fingerprint density at radius 1 is 1.00 bits per heavy atom. The molecule has 7 heteroatoms. The van der Waals surface area contributed by atoms with Crippen molar-refractivity contribution in [1.82, 2.24) is 4.98 Å². The molecule has 33 heavy (non-hydrogen) atoms. The molecule has 0 N–H and O–H groups in total. The Balaban J connectivity index is 1.34. The van der Waals surface area contributed by atoms with Gasteiger partial charge < -0.3 is 19.1 Å². The summed E-state index contributed by atoms with van der Waals surface area (Å²) in [6.07, 6.45) is 0. The van der Waals surface area contributed by atoms with Crippen LogP contribution in [0.15, 0.2) is 78.2 Å². The number of nitrogens with zero attached hydrogens (tertiary/aromatic N) is 2. The van der Waals surface area contributed by atoms with Gasteiger partial charge in [-0.25, -0.2) is 4.98 Å². The normalized spacial score (nSPS) is 12.8. The van der Waals surface area contributed by atoms with Crippen LogP contribution >= 0.6 is 11.3 Å². The van der Waals surface area contributed by atoms with Crippen molar-refractivity contribution in [3.05, 3.63) is 78.2 Å². The maximum atomic E-state index is 12.6. The largest absolute Gasteiger partial charge is 0.497 e. The lowest BCUT2D eigenvalue weighted by Crippen LogP contribution is -2.41. The fraction of sp³-hybridized carbons (Fsp3) is 0.154. The predicted molar refractivity (Wildman–Crippen MR) is 129 cm³/mol. The van der Waals surface area contributed by atoms with Crippen LogP contribution in [0.3, 0.4) is 0 Å². The smallest absolute Gasteiger partial charge is 0.265 e. The SMILES string of the molecule is COc1ccc(OCCN2C(=O)COc3ccc(-c4csc(-c5ccccc5)n4)cc32)cc1. The highest BCUT2D eigenvalue weighted by atomic mass is 32.1. The van der Waals surface area contributed by atoms with Crippen molar-refractivity contribution >= 4 is 22.9 Å². The lowest BCUT2D eigenvalue weighted by molar-refractivity contribution is -0.121. The number of methoxy groups -OCH3 is 1. The van der Waals surface area contributed by atoms with Gasteiger partial charge in [0.2, 0.25) is 0 Å². The molecule has 0 atom stereocenters. The van der Waals surface area contributed by atoms with Gasteiger partial charge in [0.1, 0.15) is 28.9 Å². The molecular weight excluding hydrogens is 436 g/mol. The first-order valence-electron chi connectivity index (χ1n) is 10.6. The molecular formula is C26H22N2O4S. The molecule has 0 aliphatic carbocycles. The molecule has 1 aliphatic rings. The van der Waals surface area contributed by atoms with Gasteiger partial charge in [-0.1, -0.05) is 30.3 Å². The van der Waals surface area contributed by atoms with Crippen molar-refractivity contribution in [3.63, 3.8) is 0 Å². The van der Waals surface area contributed by atoms with Gasteiger partial charge in [0.25, 0.3) is 5.91 Å². The summed E-state index contributed by atoms with van der Waals surface area (Å²) >= 11 is 1.60. The molecule has 0 saturated heterocycles. The molecule has 166 valence electrons. The van der Waals surface area contributed by atoms with E-state index < -0.39 is 0 Å². The van der Waals surface area contributed by atoms with Crippen molar-refractivity contribution in [3.8, 4) is 39.1 Å². The molecule has 2 heterocycles. The zero-order valence-corrected chi connectivity index (χ0v) is 18.9. The summed E-state index contributed by atoms with van der Waals surface area (Å²) in [6.45, 7) is 0.789. The van der Waals surface area contributed by atoms with Crippen LogP contribution in [-0.4, -0.2) is 37.8 Å². The van der Waals surface area contributed by atoms with Crippen molar-refractivity contribution in [2.24, 2.45) is 0 Å². The zero-order chi connectivity index (χ0) is 22.6. The molecule has 6 nitrogen and oxygen atoms in total. The van der Waals surface area contributed by atoms with E-state index in [1.807, 2.05) is 78.2 Å². The first-order valence-corrected chi connectivity index (χ1v) is 11.4. The molecule has 0 spiro atoms. The fourth-order valence-corrected chi connectivity index (χ4v) is 4.49. The van der Waals surface area contributed by atoms with Crippen LogP contribution in [0.25, 0.3) is 21.8 Å². The summed E-state index contributed by atoms with van der Waals surface area (Å²) in [5.74, 6) is 2.08. The Morgan fingerprint density at radius 3 is 2.58 bits per heavy atom. The number of hydrogen-bond acceptors (Lipinski definition) is 6. The highest BCUT2D eigenvalue weighted by molar-refractivity contribution is 7.13. The van der Waals surface area contributed by atoms with Gasteiger partial charge >= 0.3 is 0 Å². The first-order chi connectivity index (χ1) is 16.2. The first kappa shape index (κ1) is 21.0. The van der Waals surface area contributed by atoms with Gasteiger partial charge in [0, 0.05) is 16.5 Å². The highest BCUT2D eigenvalue weighted by Gasteiger charge is 2.26. The lowest BCUT2D eigenvalue weighted by Gasteiger charge is -2.29. The number of anilines is 1. The van der Waals surface area contributed by atoms with E-state index in [0.717, 1.165) is 39.0 Å². The minimum Gasteiger partial charge on any atom is -0.497 e. The van der Waals surface area contributed by atoms with Crippen molar-refractivity contribution < 1.29 is 19.0 Å². The summed E-state index contributed by atoms with van der Waals surface area (Å²) in [5.41, 5.74) is 3.62. The second kappa shape index (κ2) is 9.34. The van der Waals surface area contributed by atoms with Crippen LogP contribution in [0.5, 0.6) is 17.2 Å². The number of ether oxygens (including phenoxy) is 3. The molecule has 0 unspecified atom stereocenters. The Kier molecular flexibility index (Phi) is 5.95. The Bertz CT molecular complexity index is 1260. The number of thiazole rings is 1. The van der Waals surface area contributed by atoms with Crippen LogP contribution in [0.1, 0.15) is 0 Å². The topological polar surface area (TPSA) is 60.9 Å². The molecule has 0 fully saturated rings. The summed E-state index contributed by atoms with van der Waals surface area (Å²) in [6, 6.07) is 23.3. The summed E-state index contributed by atoms with van der Waals surface area (Å²) in [4.78, 5) is 19.2. The number of benzene rings is 3. The van der Waals surface area contributed by atoms with Crippen LogP contribution in [0.2, 0.25) is 0 Å². The van der Waals surface area contributed by atoms with Gasteiger partial charge in [0.05, 0.1) is 25.0 Å². The Hall–Kier alpha value is -3.84. The molecule has 0 bridgehead atoms. The van der Waals surface area contributed by atoms with Gasteiger partial charge in [-0.2, -0.15) is 0 Å². The quantitative estimate of drug-likeness (QED) is 0.377. The third-order valence-corrected chi connectivity index (χ3v) is 6.26. The van der Waals surface area contributed by atoms with E-state index in [1.165, 1.54) is 0 Å². The molecule has 0 saturated carbocycles. The highest BCUT2D eigenvalue weighted by Crippen LogP contribution is 2.37. The van der Waals surface area contributed by atoms with Crippen LogP contribution in [0.4, 0.5) is 5.69 Å². The maximum Gasteiger partial charge on any atom is 0.265 e. The molecule has 1 aromatic heterocycles. The molecule has 1 aliphatic heterocycles. The summed E-state index contributed by atoms with van der Waals surface area (Å²) in [5, 5.41) is 2.99. The molecule has 1 amide bonds. The van der Waals surface area contributed by atoms with Gasteiger partial charge in [-0.15, -0.1) is 11.3 Å². The van der Waals surface area contributed by atoms with Gasteiger partial charge in [-0.05, 0) is 42.5 Å². The van der Waals surface area contributed by atoms with E-state index in [0.29, 0.717) is 18.9 Å². The molecule has 5 rings (SSSR count). The van der Waals surface area contributed by atoms with E-state index in [1.54, 1.807) is 23.3 Å². The van der Waals surface area contributed by atoms with E-state index in [9.17, 15) is 4.79 Å². The Labute approximate surface area is 196 Å². The predicted octanol–water partition coefficient (Wildman–Crippen LogP) is 5.29. The van der Waals surface area contributed by atoms with Crippen LogP contribution < -0.4 is 19.1 Å². The van der Waals surface area contributed by atoms with Crippen LogP contribution in [-0.2, 0) is 4.79 Å². The third kappa shape index (κ3) is 4.54. The minimum atomic E-state index is -0.0961. The van der Waals surface area contributed by atoms with Gasteiger partial charge in [-0.3, -0.25) is 4.79 Å². The molecule has 0 radical (unpaired) electrons. The maximum absolute atomic E-state index is 12.6. The van der Waals surface area contributed by atoms with Crippen molar-refractivity contribution in [2.75, 3.05) is 31.8 Å². The average Bonchev–Trinajstić information content (AvgIpc) is 3.36. The van der Waals surface area contributed by atoms with Crippen molar-refractivity contribution in [1.29, 1.82) is 0 Å². The monoisotopic (exact) mass is 458 g/mol. The van der Waals surface area contributed by atoms with E-state index in [-0.39, 0.29) is 12.5 Å². The Morgan fingerprint density at radius 2 is 1.79 bits per heavy atom. The number of carbonyl (C=O) groups excluding carboxylic acids is 1. The standard InChI is InChI=1S/C26H22N2O4S/c1-30-20-8-10-21(11-9-20)31-14-13-28-23-15-19(7-12-24(23)32-16-25(28)29)22-17-33-26(27-22)18-5-3-2-4-6-18/h2-12,15,17H,13-14,16H2,1H3. The second-order valence-corrected chi connectivity index (χ2v) is 8.30. The second-order valence-electron chi connectivity index (χ2n) is 7.44. The number of amides is 1. The average molecular weight is 459 g/mol.